The second-order valence-corrected chi connectivity index (χ2v) is 11.4. The number of hydrogen-bond donors (Lipinski definition) is 2. The van der Waals surface area contributed by atoms with Gasteiger partial charge in [0.1, 0.15) is 5.78 Å². The number of amides is 1. The number of anilines is 4. The van der Waals surface area contributed by atoms with Gasteiger partial charge in [-0.25, -0.2) is 9.78 Å². The third-order valence-electron chi connectivity index (χ3n) is 7.48. The molecule has 2 N–H and O–H groups in total. The van der Waals surface area contributed by atoms with Crippen molar-refractivity contribution in [3.05, 3.63) is 102 Å². The van der Waals surface area contributed by atoms with Gasteiger partial charge in [0.05, 0.1) is 23.3 Å². The van der Waals surface area contributed by atoms with Gasteiger partial charge in [-0.2, -0.15) is 0 Å². The molecule has 5 rings (SSSR count). The minimum Gasteiger partial charge on any atom is -0.450 e. The lowest BCUT2D eigenvalue weighted by molar-refractivity contribution is -0.118. The van der Waals surface area contributed by atoms with Crippen molar-refractivity contribution in [2.75, 3.05) is 47.0 Å². The number of carbonyl (C=O) groups is 2. The fourth-order valence-electron chi connectivity index (χ4n) is 5.38. The number of Topliss-reactive ketones (excluding diaryl/α,β-unsaturated/α-hetero) is 1. The minimum absolute atomic E-state index is 0.130. The fourth-order valence-corrected chi connectivity index (χ4v) is 5.79. The van der Waals surface area contributed by atoms with E-state index in [-0.39, 0.29) is 12.4 Å². The van der Waals surface area contributed by atoms with Crippen molar-refractivity contribution in [1.29, 1.82) is 0 Å². The van der Waals surface area contributed by atoms with Crippen LogP contribution >= 0.6 is 23.2 Å². The van der Waals surface area contributed by atoms with Crippen molar-refractivity contribution in [3.63, 3.8) is 0 Å². The van der Waals surface area contributed by atoms with E-state index in [1.807, 2.05) is 91.0 Å². The Morgan fingerprint density at radius 2 is 1.42 bits per heavy atom. The van der Waals surface area contributed by atoms with E-state index in [9.17, 15) is 9.59 Å². The summed E-state index contributed by atoms with van der Waals surface area (Å²) in [5.74, 6) is 1.16. The SMILES string of the molecule is CCOC(=O)Nc1cc(CCC(=O)Cc2ccc(N(CCCl)CCCl)cc2)cc(Nc2c3ccccc3nc3ccccc23)c1. The number of benzene rings is 4. The van der Waals surface area contributed by atoms with E-state index in [0.717, 1.165) is 50.0 Å². The number of halogens is 2. The molecule has 0 saturated carbocycles. The number of alkyl halides is 2. The largest absolute Gasteiger partial charge is 0.450 e. The highest BCUT2D eigenvalue weighted by Gasteiger charge is 2.13. The smallest absolute Gasteiger partial charge is 0.411 e. The van der Waals surface area contributed by atoms with Gasteiger partial charge in [-0.15, -0.1) is 23.2 Å². The molecular formula is C36H36Cl2N4O3. The van der Waals surface area contributed by atoms with Gasteiger partial charge in [0.15, 0.2) is 0 Å². The van der Waals surface area contributed by atoms with Gasteiger partial charge in [-0.05, 0) is 66.9 Å². The third kappa shape index (κ3) is 8.44. The van der Waals surface area contributed by atoms with Crippen LogP contribution in [0.5, 0.6) is 0 Å². The van der Waals surface area contributed by atoms with Gasteiger partial charge in [0, 0.05) is 65.5 Å². The number of para-hydroxylation sites is 2. The third-order valence-corrected chi connectivity index (χ3v) is 7.81. The first-order valence-corrected chi connectivity index (χ1v) is 16.1. The summed E-state index contributed by atoms with van der Waals surface area (Å²) in [6.07, 6.45) is 0.679. The Morgan fingerprint density at radius 1 is 0.800 bits per heavy atom. The molecule has 0 spiro atoms. The maximum absolute atomic E-state index is 13.1. The number of carbonyl (C=O) groups excluding carboxylic acids is 2. The van der Waals surface area contributed by atoms with E-state index in [2.05, 4.69) is 15.5 Å². The topological polar surface area (TPSA) is 83.6 Å². The van der Waals surface area contributed by atoms with Crippen LogP contribution in [-0.2, 0) is 22.4 Å². The molecule has 9 heteroatoms. The summed E-state index contributed by atoms with van der Waals surface area (Å²) in [5, 5.41) is 8.39. The zero-order chi connectivity index (χ0) is 31.6. The number of ether oxygens (including phenoxy) is 1. The summed E-state index contributed by atoms with van der Waals surface area (Å²) < 4.78 is 5.12. The van der Waals surface area contributed by atoms with Crippen LogP contribution < -0.4 is 15.5 Å². The first-order valence-electron chi connectivity index (χ1n) is 15.1. The van der Waals surface area contributed by atoms with Crippen molar-refractivity contribution < 1.29 is 14.3 Å². The van der Waals surface area contributed by atoms with E-state index in [0.29, 0.717) is 49.8 Å². The summed E-state index contributed by atoms with van der Waals surface area (Å²) in [7, 11) is 0. The number of nitrogens with one attached hydrogen (secondary N) is 2. The normalized spacial score (nSPS) is 11.0. The molecule has 4 aromatic carbocycles. The van der Waals surface area contributed by atoms with Crippen LogP contribution in [0.15, 0.2) is 91.0 Å². The van der Waals surface area contributed by atoms with Gasteiger partial charge in [0.25, 0.3) is 0 Å². The highest BCUT2D eigenvalue weighted by Crippen LogP contribution is 2.34. The Bertz CT molecular complexity index is 1720. The highest BCUT2D eigenvalue weighted by atomic mass is 35.5. The molecule has 0 radical (unpaired) electrons. The number of aromatic nitrogens is 1. The zero-order valence-electron chi connectivity index (χ0n) is 25.2. The number of nitrogens with zero attached hydrogens (tertiary/aromatic N) is 2. The van der Waals surface area contributed by atoms with Crippen molar-refractivity contribution in [2.45, 2.75) is 26.2 Å². The van der Waals surface area contributed by atoms with Gasteiger partial charge in [-0.1, -0.05) is 48.5 Å². The average Bonchev–Trinajstić information content (AvgIpc) is 3.04. The molecule has 5 aromatic rings. The average molecular weight is 644 g/mol. The van der Waals surface area contributed by atoms with Gasteiger partial charge in [0.2, 0.25) is 0 Å². The van der Waals surface area contributed by atoms with Crippen molar-refractivity contribution in [2.24, 2.45) is 0 Å². The molecule has 0 fully saturated rings. The summed E-state index contributed by atoms with van der Waals surface area (Å²) in [6.45, 7) is 3.44. The zero-order valence-corrected chi connectivity index (χ0v) is 26.7. The second-order valence-electron chi connectivity index (χ2n) is 10.7. The lowest BCUT2D eigenvalue weighted by atomic mass is 10.0. The van der Waals surface area contributed by atoms with E-state index >= 15 is 0 Å². The highest BCUT2D eigenvalue weighted by molar-refractivity contribution is 6.18. The first kappa shape index (κ1) is 32.1. The standard InChI is InChI=1S/C36H36Cl2N4O3/c1-2-45-36(44)40-28-22-26(13-16-30(43)23-25-11-14-29(15-12-25)42(19-17-37)20-18-38)21-27(24-28)39-35-31-7-3-5-9-33(31)41-34-10-6-4-8-32(34)35/h3-12,14-15,21-22,24H,2,13,16-20,23H2,1H3,(H,39,41)(H,40,44). The number of rotatable bonds is 14. The molecule has 45 heavy (non-hydrogen) atoms. The van der Waals surface area contributed by atoms with E-state index in [1.54, 1.807) is 6.92 Å². The maximum atomic E-state index is 13.1. The number of fused-ring (bicyclic) bond motifs is 2. The number of pyridine rings is 1. The number of ketones is 1. The van der Waals surface area contributed by atoms with Crippen LogP contribution in [0.1, 0.15) is 24.5 Å². The molecule has 1 heterocycles. The predicted molar refractivity (Wildman–Crippen MR) is 187 cm³/mol. The Hall–Kier alpha value is -4.33. The molecule has 1 aromatic heterocycles. The quantitative estimate of drug-likeness (QED) is 0.0931. The molecule has 0 saturated heterocycles. The molecule has 7 nitrogen and oxygen atoms in total. The lowest BCUT2D eigenvalue weighted by Crippen LogP contribution is -2.27. The van der Waals surface area contributed by atoms with E-state index in [1.165, 1.54) is 0 Å². The Labute approximate surface area is 273 Å². The maximum Gasteiger partial charge on any atom is 0.411 e. The van der Waals surface area contributed by atoms with E-state index in [4.69, 9.17) is 32.9 Å². The number of aryl methyl sites for hydroxylation is 1. The Balaban J connectivity index is 1.35. The van der Waals surface area contributed by atoms with Crippen LogP contribution in [0.25, 0.3) is 21.8 Å². The summed E-state index contributed by atoms with van der Waals surface area (Å²) in [6, 6.07) is 29.7. The van der Waals surface area contributed by atoms with Gasteiger partial charge >= 0.3 is 6.09 Å². The van der Waals surface area contributed by atoms with Crippen molar-refractivity contribution in [1.82, 2.24) is 4.98 Å². The molecule has 232 valence electrons. The van der Waals surface area contributed by atoms with Crippen molar-refractivity contribution >= 4 is 79.6 Å². The predicted octanol–water partition coefficient (Wildman–Crippen LogP) is 8.73. The molecule has 0 unspecified atom stereocenters. The molecular weight excluding hydrogens is 607 g/mol. The summed E-state index contributed by atoms with van der Waals surface area (Å²) in [5.41, 5.74) is 6.94. The monoisotopic (exact) mass is 642 g/mol. The lowest BCUT2D eigenvalue weighted by Gasteiger charge is -2.23. The molecule has 1 amide bonds. The Kier molecular flexibility index (Phi) is 11.1. The summed E-state index contributed by atoms with van der Waals surface area (Å²) >= 11 is 11.9. The van der Waals surface area contributed by atoms with E-state index < -0.39 is 6.09 Å². The van der Waals surface area contributed by atoms with Crippen LogP contribution in [0.3, 0.4) is 0 Å². The van der Waals surface area contributed by atoms with Crippen LogP contribution in [0.2, 0.25) is 0 Å². The minimum atomic E-state index is -0.532. The molecule has 0 aliphatic carbocycles. The van der Waals surface area contributed by atoms with Gasteiger partial charge < -0.3 is 15.0 Å². The van der Waals surface area contributed by atoms with Crippen LogP contribution in [-0.4, -0.2) is 48.3 Å². The molecule has 0 atom stereocenters. The molecule has 0 aliphatic rings. The molecule has 0 bridgehead atoms. The van der Waals surface area contributed by atoms with Crippen LogP contribution in [0, 0.1) is 0 Å². The summed E-state index contributed by atoms with van der Waals surface area (Å²) in [4.78, 5) is 32.3. The molecule has 0 aliphatic heterocycles. The fraction of sp³-hybridized carbons (Fsp3) is 0.250. The van der Waals surface area contributed by atoms with Crippen LogP contribution in [0.4, 0.5) is 27.5 Å². The number of hydrogen-bond acceptors (Lipinski definition) is 6. The first-order chi connectivity index (χ1) is 22.0. The second kappa shape index (κ2) is 15.6. The van der Waals surface area contributed by atoms with Crippen molar-refractivity contribution in [3.8, 4) is 0 Å². The van der Waals surface area contributed by atoms with Gasteiger partial charge in [-0.3, -0.25) is 10.1 Å². The Morgan fingerprint density at radius 3 is 2.04 bits per heavy atom.